The number of aromatic nitrogens is 2. The molecule has 0 saturated carbocycles. The first kappa shape index (κ1) is 12.5. The minimum Gasteiger partial charge on any atom is -0.293 e. The Morgan fingerprint density at radius 3 is 2.84 bits per heavy atom. The van der Waals surface area contributed by atoms with Crippen LogP contribution in [0.5, 0.6) is 0 Å². The van der Waals surface area contributed by atoms with Crippen LogP contribution in [-0.4, -0.2) is 15.8 Å². The van der Waals surface area contributed by atoms with Gasteiger partial charge in [-0.3, -0.25) is 9.78 Å². The van der Waals surface area contributed by atoms with Gasteiger partial charge in [-0.25, -0.2) is 4.98 Å². The lowest BCUT2D eigenvalue weighted by Gasteiger charge is -2.26. The van der Waals surface area contributed by atoms with E-state index in [4.69, 9.17) is 0 Å². The monoisotopic (exact) mass is 272 g/mol. The van der Waals surface area contributed by atoms with E-state index in [1.807, 2.05) is 19.1 Å². The molecule has 0 radical (unpaired) electrons. The molecule has 2 heterocycles. The molecule has 3 nitrogen and oxygen atoms in total. The van der Waals surface area contributed by atoms with Gasteiger partial charge in [-0.15, -0.1) is 11.3 Å². The van der Waals surface area contributed by atoms with Crippen LogP contribution >= 0.6 is 11.3 Å². The maximum Gasteiger partial charge on any atom is 0.175 e. The van der Waals surface area contributed by atoms with Crippen molar-refractivity contribution >= 4 is 17.1 Å². The Labute approximate surface area is 116 Å². The lowest BCUT2D eigenvalue weighted by Crippen LogP contribution is -2.25. The maximum atomic E-state index is 12.2. The predicted octanol–water partition coefficient (Wildman–Crippen LogP) is 3.67. The molecule has 1 aliphatic carbocycles. The Kier molecular flexibility index (Phi) is 2.78. The number of hydrogen-bond donors (Lipinski definition) is 0. The topological polar surface area (TPSA) is 42.9 Å². The summed E-state index contributed by atoms with van der Waals surface area (Å²) in [6.45, 7) is 6.28. The minimum atomic E-state index is 0.0233. The van der Waals surface area contributed by atoms with Crippen LogP contribution < -0.4 is 0 Å². The zero-order valence-electron chi connectivity index (χ0n) is 11.4. The van der Waals surface area contributed by atoms with Crippen molar-refractivity contribution in [3.05, 3.63) is 34.5 Å². The molecule has 19 heavy (non-hydrogen) atoms. The molecule has 98 valence electrons. The number of aryl methyl sites for hydroxylation is 1. The molecule has 0 amide bonds. The fraction of sp³-hybridized carbons (Fsp3) is 0.400. The summed E-state index contributed by atoms with van der Waals surface area (Å²) in [5, 5.41) is 0.861. The van der Waals surface area contributed by atoms with Crippen LogP contribution in [-0.2, 0) is 6.42 Å². The first-order valence-corrected chi connectivity index (χ1v) is 7.22. The summed E-state index contributed by atoms with van der Waals surface area (Å²) in [7, 11) is 0. The molecule has 0 fully saturated rings. The zero-order chi connectivity index (χ0) is 13.6. The lowest BCUT2D eigenvalue weighted by atomic mass is 9.78. The van der Waals surface area contributed by atoms with Crippen LogP contribution in [0.1, 0.15) is 41.2 Å². The Balaban J connectivity index is 2.06. The molecule has 4 heteroatoms. The first-order chi connectivity index (χ1) is 8.94. The van der Waals surface area contributed by atoms with Crippen LogP contribution in [0.15, 0.2) is 18.3 Å². The molecule has 0 unspecified atom stereocenters. The number of Topliss-reactive ketones (excluding diaryl/α,β-unsaturated/α-hetero) is 1. The normalized spacial score (nSPS) is 17.3. The highest BCUT2D eigenvalue weighted by Gasteiger charge is 2.34. The fourth-order valence-corrected chi connectivity index (χ4v) is 3.47. The van der Waals surface area contributed by atoms with Gasteiger partial charge in [0.25, 0.3) is 0 Å². The van der Waals surface area contributed by atoms with Gasteiger partial charge in [0.1, 0.15) is 5.01 Å². The summed E-state index contributed by atoms with van der Waals surface area (Å²) in [4.78, 5) is 22.0. The highest BCUT2D eigenvalue weighted by atomic mass is 32.1. The van der Waals surface area contributed by atoms with E-state index in [0.717, 1.165) is 33.3 Å². The first-order valence-electron chi connectivity index (χ1n) is 6.40. The van der Waals surface area contributed by atoms with Gasteiger partial charge in [0.05, 0.1) is 16.3 Å². The fourth-order valence-electron chi connectivity index (χ4n) is 2.48. The average molecular weight is 272 g/mol. The van der Waals surface area contributed by atoms with Crippen molar-refractivity contribution < 1.29 is 4.79 Å². The van der Waals surface area contributed by atoms with Gasteiger partial charge >= 0.3 is 0 Å². The maximum absolute atomic E-state index is 12.2. The number of carbonyl (C=O) groups is 1. The number of hydrogen-bond acceptors (Lipinski definition) is 4. The number of fused-ring (bicyclic) bond motifs is 1. The standard InChI is InChI=1S/C15H16N2OS/c1-9-4-5-16-10(6-9)14-17-11-7-15(2,3)8-12(18)13(11)19-14/h4-6H,7-8H2,1-3H3. The summed E-state index contributed by atoms with van der Waals surface area (Å²) in [6.07, 6.45) is 3.27. The van der Waals surface area contributed by atoms with Crippen molar-refractivity contribution in [2.24, 2.45) is 5.41 Å². The van der Waals surface area contributed by atoms with Crippen molar-refractivity contribution in [3.8, 4) is 10.7 Å². The van der Waals surface area contributed by atoms with Gasteiger partial charge < -0.3 is 0 Å². The number of ketones is 1. The summed E-state index contributed by atoms with van der Waals surface area (Å²) in [5.41, 5.74) is 2.99. The van der Waals surface area contributed by atoms with E-state index in [9.17, 15) is 4.79 Å². The third-order valence-electron chi connectivity index (χ3n) is 3.37. The molecular formula is C15H16N2OS. The molecule has 0 saturated heterocycles. The summed E-state index contributed by atoms with van der Waals surface area (Å²) < 4.78 is 0. The van der Waals surface area contributed by atoms with E-state index in [1.54, 1.807) is 6.20 Å². The van der Waals surface area contributed by atoms with E-state index in [1.165, 1.54) is 11.3 Å². The van der Waals surface area contributed by atoms with Crippen molar-refractivity contribution in [2.45, 2.75) is 33.6 Å². The third-order valence-corrected chi connectivity index (χ3v) is 4.53. The Morgan fingerprint density at radius 1 is 1.32 bits per heavy atom. The third kappa shape index (κ3) is 2.32. The van der Waals surface area contributed by atoms with E-state index >= 15 is 0 Å². The average Bonchev–Trinajstić information content (AvgIpc) is 2.71. The molecule has 0 bridgehead atoms. The molecule has 0 atom stereocenters. The Morgan fingerprint density at radius 2 is 2.11 bits per heavy atom. The second kappa shape index (κ2) is 4.23. The summed E-state index contributed by atoms with van der Waals surface area (Å²) >= 11 is 1.48. The van der Waals surface area contributed by atoms with Gasteiger partial charge in [0.15, 0.2) is 5.78 Å². The summed E-state index contributed by atoms with van der Waals surface area (Å²) in [5.74, 6) is 0.225. The number of pyridine rings is 1. The second-order valence-corrected chi connectivity index (χ2v) is 6.95. The van der Waals surface area contributed by atoms with Gasteiger partial charge in [0, 0.05) is 12.6 Å². The molecule has 2 aromatic rings. The number of thiazole rings is 1. The van der Waals surface area contributed by atoms with E-state index < -0.39 is 0 Å². The smallest absolute Gasteiger partial charge is 0.175 e. The highest BCUT2D eigenvalue weighted by Crippen LogP contribution is 2.39. The van der Waals surface area contributed by atoms with E-state index in [2.05, 4.69) is 23.8 Å². The van der Waals surface area contributed by atoms with Gasteiger partial charge in [-0.1, -0.05) is 13.8 Å². The molecule has 0 aliphatic heterocycles. The van der Waals surface area contributed by atoms with Gasteiger partial charge in [-0.05, 0) is 36.5 Å². The molecule has 2 aromatic heterocycles. The molecule has 1 aliphatic rings. The van der Waals surface area contributed by atoms with Crippen LogP contribution in [0.25, 0.3) is 10.7 Å². The lowest BCUT2D eigenvalue weighted by molar-refractivity contribution is 0.0916. The quantitative estimate of drug-likeness (QED) is 0.795. The molecule has 0 aromatic carbocycles. The van der Waals surface area contributed by atoms with Crippen LogP contribution in [0.2, 0.25) is 0 Å². The molecule has 0 spiro atoms. The van der Waals surface area contributed by atoms with Crippen LogP contribution in [0, 0.1) is 12.3 Å². The Bertz CT molecular complexity index is 658. The van der Waals surface area contributed by atoms with Crippen LogP contribution in [0.4, 0.5) is 0 Å². The van der Waals surface area contributed by atoms with Crippen LogP contribution in [0.3, 0.4) is 0 Å². The molecule has 0 N–H and O–H groups in total. The van der Waals surface area contributed by atoms with Crippen molar-refractivity contribution in [3.63, 3.8) is 0 Å². The van der Waals surface area contributed by atoms with Crippen molar-refractivity contribution in [1.29, 1.82) is 0 Å². The molecule has 3 rings (SSSR count). The van der Waals surface area contributed by atoms with Crippen molar-refractivity contribution in [1.82, 2.24) is 9.97 Å². The highest BCUT2D eigenvalue weighted by molar-refractivity contribution is 7.17. The molecular weight excluding hydrogens is 256 g/mol. The van der Waals surface area contributed by atoms with Gasteiger partial charge in [-0.2, -0.15) is 0 Å². The van der Waals surface area contributed by atoms with E-state index in [0.29, 0.717) is 6.42 Å². The Hall–Kier alpha value is -1.55. The number of nitrogens with zero attached hydrogens (tertiary/aromatic N) is 2. The van der Waals surface area contributed by atoms with Gasteiger partial charge in [0.2, 0.25) is 0 Å². The SMILES string of the molecule is Cc1ccnc(-c2nc3c(s2)C(=O)CC(C)(C)C3)c1. The zero-order valence-corrected chi connectivity index (χ0v) is 12.2. The summed E-state index contributed by atoms with van der Waals surface area (Å²) in [6, 6.07) is 3.98. The predicted molar refractivity (Wildman–Crippen MR) is 76.5 cm³/mol. The number of rotatable bonds is 1. The number of carbonyl (C=O) groups excluding carboxylic acids is 1. The second-order valence-electron chi connectivity index (χ2n) is 5.95. The van der Waals surface area contributed by atoms with Crippen molar-refractivity contribution in [2.75, 3.05) is 0 Å². The minimum absolute atomic E-state index is 0.0233. The largest absolute Gasteiger partial charge is 0.293 e. The van der Waals surface area contributed by atoms with E-state index in [-0.39, 0.29) is 11.2 Å².